The molecular weight excluding hydrogens is 239 g/mol. The Bertz CT molecular complexity index is 420. The van der Waals surface area contributed by atoms with Crippen LogP contribution in [0.15, 0.2) is 18.2 Å². The van der Waals surface area contributed by atoms with Crippen LogP contribution in [0.5, 0.6) is 0 Å². The van der Waals surface area contributed by atoms with Crippen molar-refractivity contribution in [2.75, 3.05) is 0 Å². The highest BCUT2D eigenvalue weighted by atomic mass is 35.5. The fourth-order valence-electron chi connectivity index (χ4n) is 1.28. The average Bonchev–Trinajstić information content (AvgIpc) is 2.17. The zero-order valence-electron chi connectivity index (χ0n) is 8.18. The topological polar surface area (TPSA) is 23.8 Å². The monoisotopic (exact) mass is 246 g/mol. The first-order valence-corrected chi connectivity index (χ1v) is 4.83. The van der Waals surface area contributed by atoms with Gasteiger partial charge in [0.1, 0.15) is 0 Å². The minimum Gasteiger partial charge on any atom is -0.198 e. The van der Waals surface area contributed by atoms with E-state index < -0.39 is 22.7 Å². The molecule has 0 saturated heterocycles. The maximum Gasteiger partial charge on any atom is 0.417 e. The molecule has 0 fully saturated rings. The van der Waals surface area contributed by atoms with Gasteiger partial charge in [-0.15, -0.1) is 0 Å². The molecule has 1 rings (SSSR count). The molecule has 5 heteroatoms. The van der Waals surface area contributed by atoms with Gasteiger partial charge < -0.3 is 0 Å². The van der Waals surface area contributed by atoms with Gasteiger partial charge in [0.2, 0.25) is 0 Å². The number of halogens is 4. The first kappa shape index (κ1) is 12.9. The molecular formula is C11H8ClF3N. The number of nitrogens with zero attached hydrogens (tertiary/aromatic N) is 1. The molecule has 0 bridgehead atoms. The lowest BCUT2D eigenvalue weighted by atomic mass is 9.97. The average molecular weight is 247 g/mol. The van der Waals surface area contributed by atoms with E-state index in [1.807, 2.05) is 6.07 Å². The third kappa shape index (κ3) is 2.67. The maximum absolute atomic E-state index is 12.4. The van der Waals surface area contributed by atoms with Crippen molar-refractivity contribution in [3.63, 3.8) is 0 Å². The van der Waals surface area contributed by atoms with Gasteiger partial charge >= 0.3 is 6.18 Å². The lowest BCUT2D eigenvalue weighted by Gasteiger charge is -2.12. The first-order chi connectivity index (χ1) is 7.40. The van der Waals surface area contributed by atoms with E-state index in [-0.39, 0.29) is 6.42 Å². The van der Waals surface area contributed by atoms with Crippen LogP contribution in [0.4, 0.5) is 13.2 Å². The molecule has 0 spiro atoms. The summed E-state index contributed by atoms with van der Waals surface area (Å²) in [6.07, 6.45) is -4.18. The number of alkyl halides is 3. The molecule has 1 atom stereocenters. The quantitative estimate of drug-likeness (QED) is 0.768. The van der Waals surface area contributed by atoms with Crippen LogP contribution in [0.3, 0.4) is 0 Å². The van der Waals surface area contributed by atoms with Gasteiger partial charge in [0.05, 0.1) is 22.6 Å². The Morgan fingerprint density at radius 3 is 2.44 bits per heavy atom. The minimum absolute atomic E-state index is 0.290. The molecule has 0 aliphatic rings. The number of rotatable bonds is 2. The molecule has 0 aliphatic carbocycles. The first-order valence-electron chi connectivity index (χ1n) is 4.45. The van der Waals surface area contributed by atoms with Crippen LogP contribution in [0, 0.1) is 18.3 Å². The van der Waals surface area contributed by atoms with E-state index in [4.69, 9.17) is 16.9 Å². The highest BCUT2D eigenvalue weighted by molar-refractivity contribution is 6.31. The van der Waals surface area contributed by atoms with Crippen molar-refractivity contribution in [2.24, 2.45) is 0 Å². The number of benzene rings is 1. The summed E-state index contributed by atoms with van der Waals surface area (Å²) in [4.78, 5) is 0. The maximum atomic E-state index is 12.4. The van der Waals surface area contributed by atoms with E-state index in [1.54, 1.807) is 0 Å². The third-order valence-electron chi connectivity index (χ3n) is 2.15. The van der Waals surface area contributed by atoms with E-state index >= 15 is 0 Å². The van der Waals surface area contributed by atoms with Gasteiger partial charge in [0.25, 0.3) is 0 Å². The summed E-state index contributed by atoms with van der Waals surface area (Å²) in [7, 11) is 0. The summed E-state index contributed by atoms with van der Waals surface area (Å²) in [5.74, 6) is -0.528. The molecule has 1 aromatic carbocycles. The van der Waals surface area contributed by atoms with Gasteiger partial charge in [-0.1, -0.05) is 24.6 Å². The Kier molecular flexibility index (Phi) is 3.82. The Labute approximate surface area is 96.4 Å². The second-order valence-electron chi connectivity index (χ2n) is 3.21. The summed E-state index contributed by atoms with van der Waals surface area (Å²) in [5, 5.41) is 8.35. The van der Waals surface area contributed by atoms with Crippen LogP contribution in [0.25, 0.3) is 0 Å². The second-order valence-corrected chi connectivity index (χ2v) is 3.61. The van der Waals surface area contributed by atoms with Gasteiger partial charge in [-0.25, -0.2) is 0 Å². The molecule has 1 unspecified atom stereocenters. The summed E-state index contributed by atoms with van der Waals surface area (Å²) in [6.45, 7) is 3.55. The lowest BCUT2D eigenvalue weighted by molar-refractivity contribution is -0.137. The van der Waals surface area contributed by atoms with Crippen LogP contribution >= 0.6 is 11.6 Å². The van der Waals surface area contributed by atoms with Gasteiger partial charge in [-0.2, -0.15) is 18.4 Å². The van der Waals surface area contributed by atoms with Crippen LogP contribution in [0.1, 0.15) is 23.5 Å². The van der Waals surface area contributed by atoms with E-state index in [1.165, 1.54) is 12.1 Å². The highest BCUT2D eigenvalue weighted by Gasteiger charge is 2.33. The molecule has 0 aromatic heterocycles. The number of hydrogen-bond acceptors (Lipinski definition) is 1. The molecule has 16 heavy (non-hydrogen) atoms. The highest BCUT2D eigenvalue weighted by Crippen LogP contribution is 2.36. The predicted octanol–water partition coefficient (Wildman–Crippen LogP) is 4.19. The van der Waals surface area contributed by atoms with Crippen molar-refractivity contribution in [2.45, 2.75) is 18.5 Å². The normalized spacial score (nSPS) is 13.2. The largest absolute Gasteiger partial charge is 0.417 e. The van der Waals surface area contributed by atoms with E-state index in [0.29, 0.717) is 5.56 Å². The molecule has 0 aliphatic heterocycles. The lowest BCUT2D eigenvalue weighted by Crippen LogP contribution is -2.06. The van der Waals surface area contributed by atoms with Crippen LogP contribution in [0.2, 0.25) is 5.02 Å². The van der Waals surface area contributed by atoms with Crippen molar-refractivity contribution in [1.29, 1.82) is 5.26 Å². The van der Waals surface area contributed by atoms with Gasteiger partial charge in [-0.3, -0.25) is 0 Å². The Hall–Kier alpha value is -1.21. The molecule has 0 N–H and O–H groups in total. The van der Waals surface area contributed by atoms with E-state index in [9.17, 15) is 13.2 Å². The van der Waals surface area contributed by atoms with Crippen LogP contribution in [-0.2, 0) is 6.18 Å². The number of nitriles is 1. The Morgan fingerprint density at radius 1 is 1.44 bits per heavy atom. The molecule has 0 heterocycles. The second kappa shape index (κ2) is 4.75. The molecule has 1 aromatic rings. The summed E-state index contributed by atoms with van der Waals surface area (Å²) in [6, 6.07) is 5.27. The molecule has 85 valence electrons. The summed E-state index contributed by atoms with van der Waals surface area (Å²) in [5.41, 5.74) is -0.436. The van der Waals surface area contributed by atoms with Crippen LogP contribution in [-0.4, -0.2) is 0 Å². The van der Waals surface area contributed by atoms with Gasteiger partial charge in [0, 0.05) is 0 Å². The van der Waals surface area contributed by atoms with Gasteiger partial charge in [0.15, 0.2) is 0 Å². The fraction of sp³-hybridized carbons (Fsp3) is 0.273. The Morgan fingerprint density at radius 2 is 2.06 bits per heavy atom. The van der Waals surface area contributed by atoms with E-state index in [2.05, 4.69) is 6.92 Å². The Balaban J connectivity index is 3.15. The molecule has 1 radical (unpaired) electrons. The van der Waals surface area contributed by atoms with E-state index in [0.717, 1.165) is 6.07 Å². The molecule has 0 amide bonds. The van der Waals surface area contributed by atoms with Crippen molar-refractivity contribution in [3.8, 4) is 6.07 Å². The van der Waals surface area contributed by atoms with Crippen LogP contribution < -0.4 is 0 Å². The summed E-state index contributed by atoms with van der Waals surface area (Å²) < 4.78 is 37.2. The summed E-state index contributed by atoms with van der Waals surface area (Å²) >= 11 is 5.52. The third-order valence-corrected chi connectivity index (χ3v) is 2.46. The SMILES string of the molecule is [CH2]CC(C#N)c1ccc(C(F)(F)F)c(Cl)c1. The van der Waals surface area contributed by atoms with Crippen molar-refractivity contribution in [1.82, 2.24) is 0 Å². The smallest absolute Gasteiger partial charge is 0.198 e. The zero-order chi connectivity index (χ0) is 12.3. The van der Waals surface area contributed by atoms with Gasteiger partial charge in [-0.05, 0) is 24.1 Å². The molecule has 0 saturated carbocycles. The predicted molar refractivity (Wildman–Crippen MR) is 54.8 cm³/mol. The minimum atomic E-state index is -4.47. The zero-order valence-corrected chi connectivity index (χ0v) is 8.94. The standard InChI is InChI=1S/C11H8ClF3N/c1-2-7(6-16)8-3-4-9(10(12)5-8)11(13,14)15/h3-5,7H,1-2H2. The fourth-order valence-corrected chi connectivity index (χ4v) is 1.58. The number of hydrogen-bond donors (Lipinski definition) is 0. The van der Waals surface area contributed by atoms with Crippen molar-refractivity contribution >= 4 is 11.6 Å². The molecule has 1 nitrogen and oxygen atoms in total. The van der Waals surface area contributed by atoms with Crippen molar-refractivity contribution in [3.05, 3.63) is 41.3 Å². The van der Waals surface area contributed by atoms with Crippen molar-refractivity contribution < 1.29 is 13.2 Å².